The molecule has 1 unspecified atom stereocenters. The largest absolute Gasteiger partial charge is 0.504 e. The second-order valence-corrected chi connectivity index (χ2v) is 4.88. The number of ketones is 1. The SMILES string of the molecule is CCCCCC(C)C(=O)C=Cc1ccc(O)c(O)c1. The van der Waals surface area contributed by atoms with Gasteiger partial charge in [0.1, 0.15) is 0 Å². The minimum Gasteiger partial charge on any atom is -0.504 e. The molecule has 3 heteroatoms. The Hall–Kier alpha value is -1.77. The number of hydrogen-bond donors (Lipinski definition) is 2. The quantitative estimate of drug-likeness (QED) is 0.445. The van der Waals surface area contributed by atoms with Gasteiger partial charge in [-0.2, -0.15) is 0 Å². The van der Waals surface area contributed by atoms with Crippen LogP contribution in [0.25, 0.3) is 6.08 Å². The highest BCUT2D eigenvalue weighted by Crippen LogP contribution is 2.25. The molecule has 0 aromatic heterocycles. The molecule has 1 atom stereocenters. The third kappa shape index (κ3) is 5.16. The molecule has 19 heavy (non-hydrogen) atoms. The summed E-state index contributed by atoms with van der Waals surface area (Å²) in [5.74, 6) is -0.195. The molecule has 0 radical (unpaired) electrons. The lowest BCUT2D eigenvalue weighted by Crippen LogP contribution is -2.07. The fourth-order valence-corrected chi connectivity index (χ4v) is 1.83. The fourth-order valence-electron chi connectivity index (χ4n) is 1.83. The first-order valence-corrected chi connectivity index (χ1v) is 6.78. The summed E-state index contributed by atoms with van der Waals surface area (Å²) in [4.78, 5) is 11.9. The van der Waals surface area contributed by atoms with Gasteiger partial charge in [0, 0.05) is 5.92 Å². The molecule has 0 saturated heterocycles. The van der Waals surface area contributed by atoms with E-state index in [2.05, 4.69) is 6.92 Å². The molecule has 0 heterocycles. The van der Waals surface area contributed by atoms with Crippen molar-refractivity contribution in [2.45, 2.75) is 39.5 Å². The maximum atomic E-state index is 11.9. The minimum absolute atomic E-state index is 0.0357. The van der Waals surface area contributed by atoms with Gasteiger partial charge in [-0.15, -0.1) is 0 Å². The fraction of sp³-hybridized carbons (Fsp3) is 0.438. The van der Waals surface area contributed by atoms with Crippen molar-refractivity contribution in [3.05, 3.63) is 29.8 Å². The van der Waals surface area contributed by atoms with Gasteiger partial charge < -0.3 is 10.2 Å². The third-order valence-corrected chi connectivity index (χ3v) is 3.17. The van der Waals surface area contributed by atoms with E-state index in [-0.39, 0.29) is 23.2 Å². The lowest BCUT2D eigenvalue weighted by Gasteiger charge is -2.06. The number of phenolic OH excluding ortho intramolecular Hbond substituents is 2. The first-order valence-electron chi connectivity index (χ1n) is 6.78. The maximum absolute atomic E-state index is 11.9. The van der Waals surface area contributed by atoms with E-state index in [4.69, 9.17) is 0 Å². The first-order chi connectivity index (χ1) is 9.04. The van der Waals surface area contributed by atoms with Crippen molar-refractivity contribution in [3.8, 4) is 11.5 Å². The first kappa shape index (κ1) is 15.3. The zero-order valence-corrected chi connectivity index (χ0v) is 11.6. The van der Waals surface area contributed by atoms with Crippen LogP contribution >= 0.6 is 0 Å². The summed E-state index contributed by atoms with van der Waals surface area (Å²) < 4.78 is 0. The molecule has 2 N–H and O–H groups in total. The van der Waals surface area contributed by atoms with Gasteiger partial charge in [0.15, 0.2) is 17.3 Å². The van der Waals surface area contributed by atoms with Crippen molar-refractivity contribution in [2.75, 3.05) is 0 Å². The molecule has 0 aliphatic rings. The molecule has 0 bridgehead atoms. The van der Waals surface area contributed by atoms with E-state index < -0.39 is 0 Å². The number of hydrogen-bond acceptors (Lipinski definition) is 3. The van der Waals surface area contributed by atoms with Crippen molar-refractivity contribution in [1.29, 1.82) is 0 Å². The minimum atomic E-state index is -0.175. The number of benzene rings is 1. The van der Waals surface area contributed by atoms with Crippen LogP contribution in [0.2, 0.25) is 0 Å². The number of rotatable bonds is 7. The van der Waals surface area contributed by atoms with Crippen molar-refractivity contribution < 1.29 is 15.0 Å². The molecule has 0 amide bonds. The van der Waals surface area contributed by atoms with E-state index in [0.29, 0.717) is 5.56 Å². The Bertz CT molecular complexity index is 449. The monoisotopic (exact) mass is 262 g/mol. The van der Waals surface area contributed by atoms with Crippen LogP contribution in [0.3, 0.4) is 0 Å². The topological polar surface area (TPSA) is 57.5 Å². The zero-order chi connectivity index (χ0) is 14.3. The number of unbranched alkanes of at least 4 members (excludes halogenated alkanes) is 2. The van der Waals surface area contributed by atoms with E-state index in [0.717, 1.165) is 25.7 Å². The lowest BCUT2D eigenvalue weighted by molar-refractivity contribution is -0.117. The summed E-state index contributed by atoms with van der Waals surface area (Å²) in [5, 5.41) is 18.5. The summed E-state index contributed by atoms with van der Waals surface area (Å²) in [6, 6.07) is 4.49. The van der Waals surface area contributed by atoms with Gasteiger partial charge >= 0.3 is 0 Å². The molecule has 104 valence electrons. The summed E-state index contributed by atoms with van der Waals surface area (Å²) in [5.41, 5.74) is 0.699. The summed E-state index contributed by atoms with van der Waals surface area (Å²) in [7, 11) is 0. The van der Waals surface area contributed by atoms with E-state index in [1.165, 1.54) is 12.1 Å². The maximum Gasteiger partial charge on any atom is 0.158 e. The summed E-state index contributed by atoms with van der Waals surface area (Å²) >= 11 is 0. The summed E-state index contributed by atoms with van der Waals surface area (Å²) in [6.45, 7) is 4.08. The van der Waals surface area contributed by atoms with Crippen LogP contribution < -0.4 is 0 Å². The Morgan fingerprint density at radius 1 is 1.26 bits per heavy atom. The third-order valence-electron chi connectivity index (χ3n) is 3.17. The number of aromatic hydroxyl groups is 2. The van der Waals surface area contributed by atoms with Gasteiger partial charge in [-0.05, 0) is 30.2 Å². The molecule has 0 aliphatic heterocycles. The Labute approximate surface area is 114 Å². The molecule has 0 saturated carbocycles. The van der Waals surface area contributed by atoms with E-state index >= 15 is 0 Å². The number of carbonyl (C=O) groups is 1. The van der Waals surface area contributed by atoms with Crippen LogP contribution in [0.5, 0.6) is 11.5 Å². The number of phenols is 2. The van der Waals surface area contributed by atoms with Crippen LogP contribution in [0.15, 0.2) is 24.3 Å². The van der Waals surface area contributed by atoms with Crippen LogP contribution in [0.4, 0.5) is 0 Å². The van der Waals surface area contributed by atoms with Crippen LogP contribution in [-0.4, -0.2) is 16.0 Å². The predicted octanol–water partition coefficient (Wildman–Crippen LogP) is 3.90. The molecule has 0 aliphatic carbocycles. The highest BCUT2D eigenvalue weighted by atomic mass is 16.3. The van der Waals surface area contributed by atoms with Crippen molar-refractivity contribution in [1.82, 2.24) is 0 Å². The van der Waals surface area contributed by atoms with Gasteiger partial charge in [-0.25, -0.2) is 0 Å². The standard InChI is InChI=1S/C16H22O3/c1-3-4-5-6-12(2)14(17)9-7-13-8-10-15(18)16(19)11-13/h7-12,18-19H,3-6H2,1-2H3. The van der Waals surface area contributed by atoms with Crippen molar-refractivity contribution in [2.24, 2.45) is 5.92 Å². The smallest absolute Gasteiger partial charge is 0.158 e. The van der Waals surface area contributed by atoms with Gasteiger partial charge in [-0.1, -0.05) is 45.3 Å². The molecule has 1 aromatic rings. The second kappa shape index (κ2) is 7.62. The van der Waals surface area contributed by atoms with Crippen LogP contribution in [0, 0.1) is 5.92 Å². The number of allylic oxidation sites excluding steroid dienone is 1. The molecule has 1 aromatic carbocycles. The molecule has 1 rings (SSSR count). The predicted molar refractivity (Wildman–Crippen MR) is 77.1 cm³/mol. The van der Waals surface area contributed by atoms with Gasteiger partial charge in [0.2, 0.25) is 0 Å². The Balaban J connectivity index is 2.55. The zero-order valence-electron chi connectivity index (χ0n) is 11.6. The Kier molecular flexibility index (Phi) is 6.13. The average molecular weight is 262 g/mol. The van der Waals surface area contributed by atoms with E-state index in [1.807, 2.05) is 6.92 Å². The van der Waals surface area contributed by atoms with Gasteiger partial charge in [0.25, 0.3) is 0 Å². The molecule has 0 fully saturated rings. The van der Waals surface area contributed by atoms with Crippen LogP contribution in [-0.2, 0) is 4.79 Å². The van der Waals surface area contributed by atoms with E-state index in [9.17, 15) is 15.0 Å². The Morgan fingerprint density at radius 3 is 2.63 bits per heavy atom. The normalized spacial score (nSPS) is 12.7. The Morgan fingerprint density at radius 2 is 2.00 bits per heavy atom. The van der Waals surface area contributed by atoms with Gasteiger partial charge in [-0.3, -0.25) is 4.79 Å². The number of carbonyl (C=O) groups excluding carboxylic acids is 1. The molecule has 0 spiro atoms. The summed E-state index contributed by atoms with van der Waals surface area (Å²) in [6.07, 6.45) is 7.52. The average Bonchev–Trinajstić information content (AvgIpc) is 2.40. The second-order valence-electron chi connectivity index (χ2n) is 4.88. The highest BCUT2D eigenvalue weighted by molar-refractivity contribution is 5.95. The van der Waals surface area contributed by atoms with Gasteiger partial charge in [0.05, 0.1) is 0 Å². The van der Waals surface area contributed by atoms with E-state index in [1.54, 1.807) is 18.2 Å². The molecule has 3 nitrogen and oxygen atoms in total. The molecular formula is C16H22O3. The van der Waals surface area contributed by atoms with Crippen molar-refractivity contribution in [3.63, 3.8) is 0 Å². The molecular weight excluding hydrogens is 240 g/mol. The van der Waals surface area contributed by atoms with Crippen molar-refractivity contribution >= 4 is 11.9 Å². The van der Waals surface area contributed by atoms with Crippen LogP contribution in [0.1, 0.15) is 45.1 Å². The highest BCUT2D eigenvalue weighted by Gasteiger charge is 2.09. The lowest BCUT2D eigenvalue weighted by atomic mass is 9.98.